The number of nitrogens with one attached hydrogen (secondary N) is 1. The smallest absolute Gasteiger partial charge is 0.392 e. The molecule has 0 bridgehead atoms. The van der Waals surface area contributed by atoms with E-state index in [0.717, 1.165) is 16.4 Å². The maximum Gasteiger partial charge on any atom is 0.416 e. The predicted octanol–water partition coefficient (Wildman–Crippen LogP) is 3.13. The van der Waals surface area contributed by atoms with Gasteiger partial charge in [-0.1, -0.05) is 18.2 Å². The first-order chi connectivity index (χ1) is 18.3. The van der Waals surface area contributed by atoms with Gasteiger partial charge in [0.15, 0.2) is 5.75 Å². The van der Waals surface area contributed by atoms with Gasteiger partial charge in [0.25, 0.3) is 0 Å². The van der Waals surface area contributed by atoms with Crippen molar-refractivity contribution in [2.24, 2.45) is 0 Å². The molecule has 13 heteroatoms. The summed E-state index contributed by atoms with van der Waals surface area (Å²) in [5.74, 6) is -0.998. The summed E-state index contributed by atoms with van der Waals surface area (Å²) in [5, 5.41) is 10.3. The van der Waals surface area contributed by atoms with Crippen LogP contribution in [0.25, 0.3) is 10.9 Å². The van der Waals surface area contributed by atoms with Crippen LogP contribution in [-0.2, 0) is 21.0 Å². The monoisotopic (exact) mass is 566 g/mol. The van der Waals surface area contributed by atoms with Gasteiger partial charge in [-0.05, 0) is 42.3 Å². The molecular weight excluding hydrogens is 537 g/mol. The molecule has 0 radical (unpaired) electrons. The number of β-amino-alcohol motifs (C(OH)–C–C–N with tert-alkyl or cyclic N) is 1. The minimum atomic E-state index is -4.55. The Hall–Kier alpha value is -3.26. The molecule has 9 nitrogen and oxygen atoms in total. The number of aliphatic hydroxyl groups is 1. The molecule has 210 valence electrons. The van der Waals surface area contributed by atoms with Gasteiger partial charge in [0.1, 0.15) is 4.90 Å². The lowest BCUT2D eigenvalue weighted by Gasteiger charge is -2.25. The number of rotatable bonds is 8. The fourth-order valence-electron chi connectivity index (χ4n) is 4.53. The molecule has 1 aliphatic rings. The topological polar surface area (TPSA) is 112 Å². The first-order valence-corrected chi connectivity index (χ1v) is 13.6. The van der Waals surface area contributed by atoms with E-state index in [9.17, 15) is 31.5 Å². The standard InChI is InChI=1S/C26H29F3N4O5S/c1-16(34)31-38-23-9-10-24(39(36,37)32(2)3)25-20(23)7-8-22(30-25)21(15-33-12-11-19(35)14-33)17-5-4-6-18(13-17)26(27,28)29/h4-10,13,19,21,35H,11-12,14-15H2,1-3H3,(H,31,34)/t19-,21+/m0/s1. The molecule has 4 rings (SSSR count). The van der Waals surface area contributed by atoms with Crippen LogP contribution in [0.1, 0.15) is 36.1 Å². The van der Waals surface area contributed by atoms with Crippen LogP contribution in [0.2, 0.25) is 0 Å². The van der Waals surface area contributed by atoms with E-state index < -0.39 is 39.7 Å². The van der Waals surface area contributed by atoms with Gasteiger partial charge in [0, 0.05) is 57.7 Å². The molecule has 0 aliphatic carbocycles. The van der Waals surface area contributed by atoms with Crippen molar-refractivity contribution in [2.45, 2.75) is 36.4 Å². The first kappa shape index (κ1) is 28.7. The third kappa shape index (κ3) is 6.32. The lowest BCUT2D eigenvalue weighted by molar-refractivity contribution is -0.137. The lowest BCUT2D eigenvalue weighted by atomic mass is 9.92. The quantitative estimate of drug-likeness (QED) is 0.403. The average Bonchev–Trinajstić information content (AvgIpc) is 3.29. The van der Waals surface area contributed by atoms with Crippen LogP contribution >= 0.6 is 0 Å². The highest BCUT2D eigenvalue weighted by molar-refractivity contribution is 7.89. The lowest BCUT2D eigenvalue weighted by Crippen LogP contribution is -2.29. The van der Waals surface area contributed by atoms with Crippen LogP contribution in [0.3, 0.4) is 0 Å². The molecule has 0 spiro atoms. The third-order valence-corrected chi connectivity index (χ3v) is 8.37. The third-order valence-electron chi connectivity index (χ3n) is 6.53. The Balaban J connectivity index is 1.90. The summed E-state index contributed by atoms with van der Waals surface area (Å²) >= 11 is 0. The van der Waals surface area contributed by atoms with Crippen molar-refractivity contribution in [2.75, 3.05) is 33.7 Å². The van der Waals surface area contributed by atoms with Gasteiger partial charge in [0.2, 0.25) is 15.9 Å². The zero-order valence-corrected chi connectivity index (χ0v) is 22.4. The number of hydrogen-bond acceptors (Lipinski definition) is 7. The molecule has 0 unspecified atom stereocenters. The molecule has 2 aromatic carbocycles. The number of fused-ring (bicyclic) bond motifs is 1. The molecule has 0 saturated carbocycles. The number of aliphatic hydroxyl groups excluding tert-OH is 1. The van der Waals surface area contributed by atoms with Gasteiger partial charge in [-0.2, -0.15) is 18.7 Å². The zero-order chi connectivity index (χ0) is 28.5. The van der Waals surface area contributed by atoms with Gasteiger partial charge >= 0.3 is 6.18 Å². The Morgan fingerprint density at radius 2 is 1.97 bits per heavy atom. The minimum Gasteiger partial charge on any atom is -0.392 e. The molecule has 1 fully saturated rings. The number of aromatic nitrogens is 1. The zero-order valence-electron chi connectivity index (χ0n) is 21.6. The molecule has 1 saturated heterocycles. The van der Waals surface area contributed by atoms with E-state index in [1.807, 2.05) is 4.90 Å². The molecule has 39 heavy (non-hydrogen) atoms. The fraction of sp³-hybridized carbons (Fsp3) is 0.385. The van der Waals surface area contributed by atoms with E-state index in [2.05, 4.69) is 10.5 Å². The summed E-state index contributed by atoms with van der Waals surface area (Å²) in [6.45, 7) is 2.42. The number of likely N-dealkylation sites (tertiary alicyclic amines) is 1. The molecule has 1 amide bonds. The Kier molecular flexibility index (Phi) is 8.17. The largest absolute Gasteiger partial charge is 0.416 e. The normalized spacial score (nSPS) is 17.5. The molecule has 2 N–H and O–H groups in total. The maximum atomic E-state index is 13.6. The van der Waals surface area contributed by atoms with E-state index in [-0.39, 0.29) is 28.1 Å². The second kappa shape index (κ2) is 11.1. The number of nitrogens with zero attached hydrogens (tertiary/aromatic N) is 3. The van der Waals surface area contributed by atoms with Crippen LogP contribution in [0, 0.1) is 0 Å². The Labute approximate surface area is 224 Å². The van der Waals surface area contributed by atoms with E-state index in [4.69, 9.17) is 4.84 Å². The maximum absolute atomic E-state index is 13.6. The van der Waals surface area contributed by atoms with Crippen molar-refractivity contribution in [3.05, 3.63) is 65.4 Å². The highest BCUT2D eigenvalue weighted by Crippen LogP contribution is 2.36. The second-order valence-electron chi connectivity index (χ2n) is 9.62. The molecule has 2 atom stereocenters. The Morgan fingerprint density at radius 3 is 2.59 bits per heavy atom. The highest BCUT2D eigenvalue weighted by atomic mass is 32.2. The average molecular weight is 567 g/mol. The van der Waals surface area contributed by atoms with Gasteiger partial charge in [-0.15, -0.1) is 0 Å². The van der Waals surface area contributed by atoms with E-state index in [1.54, 1.807) is 18.2 Å². The number of halogens is 3. The summed E-state index contributed by atoms with van der Waals surface area (Å²) in [6.07, 6.45) is -4.55. The summed E-state index contributed by atoms with van der Waals surface area (Å²) in [5.41, 5.74) is 2.13. The van der Waals surface area contributed by atoms with E-state index >= 15 is 0 Å². The minimum absolute atomic E-state index is 0.0440. The summed E-state index contributed by atoms with van der Waals surface area (Å²) < 4.78 is 68.0. The van der Waals surface area contributed by atoms with Crippen molar-refractivity contribution >= 4 is 26.8 Å². The van der Waals surface area contributed by atoms with Crippen LogP contribution in [0.15, 0.2) is 53.4 Å². The van der Waals surface area contributed by atoms with Crippen molar-refractivity contribution in [3.8, 4) is 5.75 Å². The first-order valence-electron chi connectivity index (χ1n) is 12.1. The van der Waals surface area contributed by atoms with Crippen LogP contribution in [0.5, 0.6) is 5.75 Å². The van der Waals surface area contributed by atoms with Gasteiger partial charge in [-0.3, -0.25) is 14.7 Å². The van der Waals surface area contributed by atoms with Gasteiger partial charge < -0.3 is 9.94 Å². The number of benzene rings is 2. The molecule has 2 heterocycles. The highest BCUT2D eigenvalue weighted by Gasteiger charge is 2.33. The van der Waals surface area contributed by atoms with Crippen LogP contribution < -0.4 is 10.3 Å². The van der Waals surface area contributed by atoms with E-state index in [0.29, 0.717) is 30.8 Å². The summed E-state index contributed by atoms with van der Waals surface area (Å²) in [6, 6.07) is 10.8. The second-order valence-corrected chi connectivity index (χ2v) is 11.7. The van der Waals surface area contributed by atoms with Gasteiger partial charge in [0.05, 0.1) is 17.2 Å². The number of carbonyl (C=O) groups excluding carboxylic acids is 1. The van der Waals surface area contributed by atoms with Crippen molar-refractivity contribution in [1.82, 2.24) is 19.7 Å². The molecular formula is C26H29F3N4O5S. The number of carbonyl (C=O) groups is 1. The molecule has 1 aliphatic heterocycles. The summed E-state index contributed by atoms with van der Waals surface area (Å²) in [7, 11) is -1.23. The van der Waals surface area contributed by atoms with Crippen molar-refractivity contribution in [3.63, 3.8) is 0 Å². The Bertz CT molecular complexity index is 1480. The Morgan fingerprint density at radius 1 is 1.23 bits per heavy atom. The van der Waals surface area contributed by atoms with Gasteiger partial charge in [-0.25, -0.2) is 12.7 Å². The van der Waals surface area contributed by atoms with E-state index in [1.165, 1.54) is 39.2 Å². The fourth-order valence-corrected chi connectivity index (χ4v) is 5.57. The van der Waals surface area contributed by atoms with Crippen molar-refractivity contribution in [1.29, 1.82) is 0 Å². The van der Waals surface area contributed by atoms with Crippen LogP contribution in [-0.4, -0.2) is 73.5 Å². The number of sulfonamides is 1. The van der Waals surface area contributed by atoms with Crippen molar-refractivity contribution < 1.29 is 36.3 Å². The predicted molar refractivity (Wildman–Crippen MR) is 137 cm³/mol. The number of amides is 1. The van der Waals surface area contributed by atoms with Crippen LogP contribution in [0.4, 0.5) is 13.2 Å². The molecule has 3 aromatic rings. The number of alkyl halides is 3. The molecule has 1 aromatic heterocycles. The number of hydroxylamine groups is 1. The number of hydrogen-bond donors (Lipinski definition) is 2. The number of pyridine rings is 1. The SMILES string of the molecule is CC(=O)NOc1ccc(S(=O)(=O)N(C)C)c2nc([C@H](CN3CC[C@H](O)C3)c3cccc(C(F)(F)F)c3)ccc12. The summed E-state index contributed by atoms with van der Waals surface area (Å²) in [4.78, 5) is 23.2.